The first-order valence-corrected chi connectivity index (χ1v) is 11.5. The molecule has 0 aliphatic rings. The second kappa shape index (κ2) is 10.6. The zero-order chi connectivity index (χ0) is 24.7. The van der Waals surface area contributed by atoms with Gasteiger partial charge in [-0.1, -0.05) is 48.0 Å². The van der Waals surface area contributed by atoms with Crippen molar-refractivity contribution in [2.24, 2.45) is 5.10 Å². The van der Waals surface area contributed by atoms with E-state index >= 15 is 0 Å². The van der Waals surface area contributed by atoms with Crippen molar-refractivity contribution < 1.29 is 27.9 Å². The number of methoxy groups -OCH3 is 1. The van der Waals surface area contributed by atoms with Crippen LogP contribution in [0.15, 0.2) is 82.8 Å². The molecule has 10 heteroatoms. The van der Waals surface area contributed by atoms with E-state index in [-0.39, 0.29) is 27.5 Å². The van der Waals surface area contributed by atoms with Gasteiger partial charge in [0.25, 0.3) is 15.9 Å². The van der Waals surface area contributed by atoms with Crippen LogP contribution in [0, 0.1) is 6.92 Å². The first kappa shape index (κ1) is 24.5. The molecule has 0 saturated heterocycles. The molecule has 0 spiro atoms. The molecule has 0 bridgehead atoms. The van der Waals surface area contributed by atoms with Gasteiger partial charge >= 0.3 is 5.97 Å². The number of aryl methyl sites for hydroxylation is 1. The molecule has 0 unspecified atom stereocenters. The molecule has 0 heterocycles. The Hall–Kier alpha value is -4.18. The molecule has 2 N–H and O–H groups in total. The minimum absolute atomic E-state index is 0.00990. The fourth-order valence-electron chi connectivity index (χ4n) is 3.12. The van der Waals surface area contributed by atoms with Crippen LogP contribution in [0.1, 0.15) is 21.5 Å². The lowest BCUT2D eigenvalue weighted by Crippen LogP contribution is -2.39. The highest BCUT2D eigenvalue weighted by molar-refractivity contribution is 7.92. The number of carboxylic acids is 1. The maximum atomic E-state index is 13.4. The van der Waals surface area contributed by atoms with Crippen molar-refractivity contribution in [3.63, 3.8) is 0 Å². The van der Waals surface area contributed by atoms with E-state index in [1.54, 1.807) is 42.5 Å². The number of rotatable bonds is 9. The standard InChI is InChI=1S/C24H23N3O6S/c1-17-11-13-19(14-12-17)34(31,32)27(21-9-5-6-10-22(21)33-2)16-23(28)26-25-15-18-7-3-4-8-20(18)24(29)30/h3-15H,16H2,1-2H3,(H,26,28)(H,29,30)/b25-15-. The van der Waals surface area contributed by atoms with E-state index in [9.17, 15) is 23.1 Å². The van der Waals surface area contributed by atoms with Gasteiger partial charge in [-0.2, -0.15) is 5.10 Å². The Labute approximate surface area is 197 Å². The summed E-state index contributed by atoms with van der Waals surface area (Å²) in [6, 6.07) is 18.8. The Morgan fingerprint density at radius 1 is 1.03 bits per heavy atom. The Bertz CT molecular complexity index is 1320. The summed E-state index contributed by atoms with van der Waals surface area (Å²) in [4.78, 5) is 24.0. The van der Waals surface area contributed by atoms with Gasteiger partial charge in [-0.3, -0.25) is 9.10 Å². The monoisotopic (exact) mass is 481 g/mol. The Morgan fingerprint density at radius 3 is 2.35 bits per heavy atom. The van der Waals surface area contributed by atoms with Gasteiger partial charge in [0.15, 0.2) is 0 Å². The van der Waals surface area contributed by atoms with E-state index in [1.165, 1.54) is 43.7 Å². The summed E-state index contributed by atoms with van der Waals surface area (Å²) in [5.41, 5.74) is 3.62. The van der Waals surface area contributed by atoms with Crippen LogP contribution in [0.4, 0.5) is 5.69 Å². The number of anilines is 1. The average molecular weight is 482 g/mol. The van der Waals surface area contributed by atoms with Gasteiger partial charge in [0.05, 0.1) is 29.5 Å². The van der Waals surface area contributed by atoms with Gasteiger partial charge in [0.2, 0.25) is 0 Å². The molecule has 0 aliphatic heterocycles. The number of para-hydroxylation sites is 2. The van der Waals surface area contributed by atoms with Crippen LogP contribution in [0.2, 0.25) is 0 Å². The number of hydrogen-bond acceptors (Lipinski definition) is 6. The SMILES string of the molecule is COc1ccccc1N(CC(=O)N/N=C\c1ccccc1C(=O)O)S(=O)(=O)c1ccc(C)cc1. The molecule has 3 aromatic carbocycles. The van der Waals surface area contributed by atoms with Crippen molar-refractivity contribution in [2.75, 3.05) is 18.0 Å². The minimum atomic E-state index is -4.13. The number of nitrogens with zero attached hydrogens (tertiary/aromatic N) is 2. The van der Waals surface area contributed by atoms with Crippen molar-refractivity contribution >= 4 is 33.8 Å². The quantitative estimate of drug-likeness (QED) is 0.357. The molecule has 0 aromatic heterocycles. The predicted octanol–water partition coefficient (Wildman–Crippen LogP) is 3.05. The van der Waals surface area contributed by atoms with Gasteiger partial charge in [-0.25, -0.2) is 18.6 Å². The highest BCUT2D eigenvalue weighted by Gasteiger charge is 2.29. The number of ether oxygens (including phenoxy) is 1. The first-order valence-electron chi connectivity index (χ1n) is 10.1. The first-order chi connectivity index (χ1) is 16.2. The van der Waals surface area contributed by atoms with Crippen LogP contribution in [-0.4, -0.2) is 45.3 Å². The van der Waals surface area contributed by atoms with Crippen LogP contribution < -0.4 is 14.5 Å². The van der Waals surface area contributed by atoms with E-state index in [0.717, 1.165) is 9.87 Å². The summed E-state index contributed by atoms with van der Waals surface area (Å²) in [6.45, 7) is 1.25. The fraction of sp³-hybridized carbons (Fsp3) is 0.125. The molecular formula is C24H23N3O6S. The Balaban J connectivity index is 1.90. The number of hydrazone groups is 1. The van der Waals surface area contributed by atoms with E-state index in [0.29, 0.717) is 0 Å². The third kappa shape index (κ3) is 5.59. The van der Waals surface area contributed by atoms with E-state index in [1.807, 2.05) is 6.92 Å². The van der Waals surface area contributed by atoms with E-state index < -0.39 is 28.4 Å². The van der Waals surface area contributed by atoms with Crippen LogP contribution in [-0.2, 0) is 14.8 Å². The molecule has 34 heavy (non-hydrogen) atoms. The molecule has 3 aromatic rings. The van der Waals surface area contributed by atoms with Crippen LogP contribution in [0.25, 0.3) is 0 Å². The topological polar surface area (TPSA) is 125 Å². The molecule has 1 amide bonds. The minimum Gasteiger partial charge on any atom is -0.495 e. The van der Waals surface area contributed by atoms with Crippen molar-refractivity contribution in [1.82, 2.24) is 5.43 Å². The number of carbonyl (C=O) groups excluding carboxylic acids is 1. The molecule has 0 aliphatic carbocycles. The van der Waals surface area contributed by atoms with Crippen molar-refractivity contribution in [2.45, 2.75) is 11.8 Å². The number of carboxylic acid groups (broad SMARTS) is 1. The summed E-state index contributed by atoms with van der Waals surface area (Å²) < 4.78 is 33.1. The number of sulfonamides is 1. The van der Waals surface area contributed by atoms with Crippen LogP contribution in [0.3, 0.4) is 0 Å². The van der Waals surface area contributed by atoms with Crippen molar-refractivity contribution in [1.29, 1.82) is 0 Å². The molecule has 176 valence electrons. The van der Waals surface area contributed by atoms with Gasteiger partial charge in [-0.15, -0.1) is 0 Å². The van der Waals surface area contributed by atoms with Gasteiger partial charge in [0, 0.05) is 5.56 Å². The molecule has 9 nitrogen and oxygen atoms in total. The molecule has 0 saturated carbocycles. The molecule has 0 radical (unpaired) electrons. The average Bonchev–Trinajstić information content (AvgIpc) is 2.83. The highest BCUT2D eigenvalue weighted by atomic mass is 32.2. The van der Waals surface area contributed by atoms with Crippen molar-refractivity contribution in [3.8, 4) is 5.75 Å². The maximum absolute atomic E-state index is 13.4. The van der Waals surface area contributed by atoms with E-state index in [4.69, 9.17) is 4.74 Å². The molecule has 3 rings (SSSR count). The lowest BCUT2D eigenvalue weighted by Gasteiger charge is -2.25. The summed E-state index contributed by atoms with van der Waals surface area (Å²) in [7, 11) is -2.73. The fourth-order valence-corrected chi connectivity index (χ4v) is 4.55. The zero-order valence-corrected chi connectivity index (χ0v) is 19.3. The van der Waals surface area contributed by atoms with Crippen LogP contribution in [0.5, 0.6) is 5.75 Å². The summed E-state index contributed by atoms with van der Waals surface area (Å²) >= 11 is 0. The number of benzene rings is 3. The third-order valence-electron chi connectivity index (χ3n) is 4.83. The molecule has 0 fully saturated rings. The van der Waals surface area contributed by atoms with Gasteiger partial charge in [-0.05, 0) is 37.3 Å². The Kier molecular flexibility index (Phi) is 7.64. The number of amides is 1. The summed E-state index contributed by atoms with van der Waals surface area (Å²) in [5.74, 6) is -1.60. The van der Waals surface area contributed by atoms with Gasteiger partial charge in [0.1, 0.15) is 12.3 Å². The Morgan fingerprint density at radius 2 is 1.68 bits per heavy atom. The lowest BCUT2D eigenvalue weighted by molar-refractivity contribution is -0.119. The largest absolute Gasteiger partial charge is 0.495 e. The van der Waals surface area contributed by atoms with Crippen LogP contribution >= 0.6 is 0 Å². The number of nitrogens with one attached hydrogen (secondary N) is 1. The number of hydrogen-bond donors (Lipinski definition) is 2. The summed E-state index contributed by atoms with van der Waals surface area (Å²) in [6.07, 6.45) is 1.18. The lowest BCUT2D eigenvalue weighted by atomic mass is 10.1. The normalized spacial score (nSPS) is 11.2. The second-order valence-electron chi connectivity index (χ2n) is 7.18. The summed E-state index contributed by atoms with van der Waals surface area (Å²) in [5, 5.41) is 13.0. The predicted molar refractivity (Wildman–Crippen MR) is 128 cm³/mol. The molecular weight excluding hydrogens is 458 g/mol. The van der Waals surface area contributed by atoms with Crippen molar-refractivity contribution in [3.05, 3.63) is 89.5 Å². The molecule has 0 atom stereocenters. The zero-order valence-electron chi connectivity index (χ0n) is 18.5. The van der Waals surface area contributed by atoms with Gasteiger partial charge < -0.3 is 9.84 Å². The number of carbonyl (C=O) groups is 2. The smallest absolute Gasteiger partial charge is 0.336 e. The highest BCUT2D eigenvalue weighted by Crippen LogP contribution is 2.32. The number of aromatic carboxylic acids is 1. The van der Waals surface area contributed by atoms with E-state index in [2.05, 4.69) is 10.5 Å². The second-order valence-corrected chi connectivity index (χ2v) is 9.04. The maximum Gasteiger partial charge on any atom is 0.336 e. The third-order valence-corrected chi connectivity index (χ3v) is 6.61.